The van der Waals surface area contributed by atoms with E-state index in [-0.39, 0.29) is 17.2 Å². The Morgan fingerprint density at radius 3 is 2.19 bits per heavy atom. The highest BCUT2D eigenvalue weighted by molar-refractivity contribution is 5.50. The van der Waals surface area contributed by atoms with E-state index >= 15 is 0 Å². The molecule has 1 aromatic heterocycles. The minimum Gasteiger partial charge on any atom is -0.370 e. The summed E-state index contributed by atoms with van der Waals surface area (Å²) in [7, 11) is 0. The molecular formula is C15H24F3N3. The molecule has 0 aliphatic rings. The first-order chi connectivity index (χ1) is 9.68. The fourth-order valence-corrected chi connectivity index (χ4v) is 2.14. The number of nitrogens with zero attached hydrogens (tertiary/aromatic N) is 1. The predicted molar refractivity (Wildman–Crippen MR) is 80.6 cm³/mol. The van der Waals surface area contributed by atoms with Gasteiger partial charge in [-0.3, -0.25) is 0 Å². The zero-order valence-electron chi connectivity index (χ0n) is 13.1. The second-order valence-corrected chi connectivity index (χ2v) is 5.81. The quantitative estimate of drug-likeness (QED) is 0.751. The van der Waals surface area contributed by atoms with Crippen LogP contribution in [0.2, 0.25) is 0 Å². The maximum absolute atomic E-state index is 13.0. The largest absolute Gasteiger partial charge is 0.416 e. The Balaban J connectivity index is 3.07. The van der Waals surface area contributed by atoms with Gasteiger partial charge in [0.1, 0.15) is 11.6 Å². The van der Waals surface area contributed by atoms with Gasteiger partial charge in [0.25, 0.3) is 0 Å². The lowest BCUT2D eigenvalue weighted by molar-refractivity contribution is -0.137. The Morgan fingerprint density at radius 2 is 1.67 bits per heavy atom. The van der Waals surface area contributed by atoms with E-state index in [0.29, 0.717) is 6.54 Å². The summed E-state index contributed by atoms with van der Waals surface area (Å²) in [5, 5.41) is 6.01. The van der Waals surface area contributed by atoms with Gasteiger partial charge in [-0.25, -0.2) is 4.98 Å². The molecule has 0 saturated carbocycles. The molecule has 21 heavy (non-hydrogen) atoms. The van der Waals surface area contributed by atoms with Gasteiger partial charge in [-0.05, 0) is 38.8 Å². The third-order valence-electron chi connectivity index (χ3n) is 3.05. The fraction of sp³-hybridized carbons (Fsp3) is 0.667. The lowest BCUT2D eigenvalue weighted by atomic mass is 9.99. The number of rotatable bonds is 7. The topological polar surface area (TPSA) is 37.0 Å². The SMILES string of the molecule is CCCNc1cc(C(F)(F)F)cc(NC(C)(C)CCC)n1. The monoisotopic (exact) mass is 303 g/mol. The lowest BCUT2D eigenvalue weighted by Gasteiger charge is -2.27. The molecule has 0 aliphatic heterocycles. The van der Waals surface area contributed by atoms with Crippen LogP contribution in [-0.2, 0) is 6.18 Å². The third kappa shape index (κ3) is 5.81. The summed E-state index contributed by atoms with van der Waals surface area (Å²) in [6.45, 7) is 8.49. The van der Waals surface area contributed by atoms with Crippen LogP contribution >= 0.6 is 0 Å². The summed E-state index contributed by atoms with van der Waals surface area (Å²) in [6, 6.07) is 2.11. The van der Waals surface area contributed by atoms with Crippen molar-refractivity contribution >= 4 is 11.6 Å². The Kier molecular flexibility index (Phi) is 5.87. The van der Waals surface area contributed by atoms with Crippen molar-refractivity contribution in [3.63, 3.8) is 0 Å². The molecule has 0 aromatic carbocycles. The molecule has 0 atom stereocenters. The molecule has 0 amide bonds. The first kappa shape index (κ1) is 17.6. The molecule has 1 heterocycles. The van der Waals surface area contributed by atoms with E-state index in [9.17, 15) is 13.2 Å². The van der Waals surface area contributed by atoms with E-state index in [2.05, 4.69) is 15.6 Å². The summed E-state index contributed by atoms with van der Waals surface area (Å²) >= 11 is 0. The molecule has 0 unspecified atom stereocenters. The summed E-state index contributed by atoms with van der Waals surface area (Å²) in [4.78, 5) is 4.23. The van der Waals surface area contributed by atoms with Crippen molar-refractivity contribution in [2.45, 2.75) is 58.7 Å². The molecule has 0 fully saturated rings. The number of hydrogen-bond acceptors (Lipinski definition) is 3. The molecule has 0 spiro atoms. The predicted octanol–water partition coefficient (Wildman–Crippen LogP) is 4.91. The van der Waals surface area contributed by atoms with Crippen molar-refractivity contribution in [3.05, 3.63) is 17.7 Å². The Morgan fingerprint density at radius 1 is 1.05 bits per heavy atom. The van der Waals surface area contributed by atoms with Gasteiger partial charge < -0.3 is 10.6 Å². The first-order valence-electron chi connectivity index (χ1n) is 7.29. The molecule has 1 rings (SSSR count). The normalized spacial score (nSPS) is 12.3. The fourth-order valence-electron chi connectivity index (χ4n) is 2.14. The van der Waals surface area contributed by atoms with Crippen LogP contribution in [0.4, 0.5) is 24.8 Å². The number of aromatic nitrogens is 1. The lowest BCUT2D eigenvalue weighted by Crippen LogP contribution is -2.31. The Bertz CT molecular complexity index is 456. The van der Waals surface area contributed by atoms with Gasteiger partial charge in [-0.2, -0.15) is 13.2 Å². The minimum atomic E-state index is -4.38. The summed E-state index contributed by atoms with van der Waals surface area (Å²) in [5.41, 5.74) is -0.987. The standard InChI is InChI=1S/C15H24F3N3/c1-5-7-14(3,4)21-13-10-11(15(16,17)18)9-12(20-13)19-8-6-2/h9-10H,5-8H2,1-4H3,(H2,19,20,21). The van der Waals surface area contributed by atoms with Gasteiger partial charge in [0, 0.05) is 12.1 Å². The molecule has 1 aromatic rings. The van der Waals surface area contributed by atoms with Gasteiger partial charge >= 0.3 is 6.18 Å². The van der Waals surface area contributed by atoms with E-state index in [4.69, 9.17) is 0 Å². The summed E-state index contributed by atoms with van der Waals surface area (Å²) < 4.78 is 38.9. The average Bonchev–Trinajstić information content (AvgIpc) is 2.34. The van der Waals surface area contributed by atoms with Gasteiger partial charge in [-0.1, -0.05) is 20.3 Å². The second kappa shape index (κ2) is 7.00. The number of nitrogens with one attached hydrogen (secondary N) is 2. The molecule has 2 N–H and O–H groups in total. The third-order valence-corrected chi connectivity index (χ3v) is 3.05. The number of anilines is 2. The molecule has 0 radical (unpaired) electrons. The van der Waals surface area contributed by atoms with Crippen LogP contribution in [0, 0.1) is 0 Å². The van der Waals surface area contributed by atoms with Crippen LogP contribution in [0.1, 0.15) is 52.5 Å². The Labute approximate surface area is 124 Å². The molecule has 3 nitrogen and oxygen atoms in total. The van der Waals surface area contributed by atoms with Crippen molar-refractivity contribution in [3.8, 4) is 0 Å². The molecule has 0 saturated heterocycles. The zero-order chi connectivity index (χ0) is 16.1. The highest BCUT2D eigenvalue weighted by atomic mass is 19.4. The molecule has 0 aliphatic carbocycles. The van der Waals surface area contributed by atoms with E-state index in [1.807, 2.05) is 27.7 Å². The van der Waals surface area contributed by atoms with E-state index in [1.54, 1.807) is 0 Å². The van der Waals surface area contributed by atoms with Crippen LogP contribution < -0.4 is 10.6 Å². The van der Waals surface area contributed by atoms with Crippen molar-refractivity contribution < 1.29 is 13.2 Å². The van der Waals surface area contributed by atoms with Gasteiger partial charge in [0.2, 0.25) is 0 Å². The number of hydrogen-bond donors (Lipinski definition) is 2. The maximum atomic E-state index is 13.0. The van der Waals surface area contributed by atoms with Crippen LogP contribution in [0.25, 0.3) is 0 Å². The van der Waals surface area contributed by atoms with Crippen molar-refractivity contribution in [2.75, 3.05) is 17.2 Å². The average molecular weight is 303 g/mol. The molecule has 0 bridgehead atoms. The number of alkyl halides is 3. The minimum absolute atomic E-state index is 0.251. The summed E-state index contributed by atoms with van der Waals surface area (Å²) in [6.07, 6.45) is -1.76. The van der Waals surface area contributed by atoms with Gasteiger partial charge in [0.05, 0.1) is 5.56 Å². The first-order valence-corrected chi connectivity index (χ1v) is 7.29. The van der Waals surface area contributed by atoms with Crippen LogP contribution in [0.15, 0.2) is 12.1 Å². The van der Waals surface area contributed by atoms with Crippen LogP contribution in [-0.4, -0.2) is 17.1 Å². The molecule has 6 heteroatoms. The highest BCUT2D eigenvalue weighted by Crippen LogP contribution is 2.33. The maximum Gasteiger partial charge on any atom is 0.416 e. The Hall–Kier alpha value is -1.46. The van der Waals surface area contributed by atoms with Crippen LogP contribution in [0.3, 0.4) is 0 Å². The molecular weight excluding hydrogens is 279 g/mol. The second-order valence-electron chi connectivity index (χ2n) is 5.81. The number of halogens is 3. The van der Waals surface area contributed by atoms with E-state index < -0.39 is 11.7 Å². The van der Waals surface area contributed by atoms with Crippen molar-refractivity contribution in [1.29, 1.82) is 0 Å². The van der Waals surface area contributed by atoms with E-state index in [1.165, 1.54) is 0 Å². The number of pyridine rings is 1. The summed E-state index contributed by atoms with van der Waals surface area (Å²) in [5.74, 6) is 0.503. The zero-order valence-corrected chi connectivity index (χ0v) is 13.1. The smallest absolute Gasteiger partial charge is 0.370 e. The van der Waals surface area contributed by atoms with Gasteiger partial charge in [-0.15, -0.1) is 0 Å². The van der Waals surface area contributed by atoms with Gasteiger partial charge in [0.15, 0.2) is 0 Å². The van der Waals surface area contributed by atoms with Crippen molar-refractivity contribution in [1.82, 2.24) is 4.98 Å². The van der Waals surface area contributed by atoms with Crippen LogP contribution in [0.5, 0.6) is 0 Å². The molecule has 120 valence electrons. The highest BCUT2D eigenvalue weighted by Gasteiger charge is 2.32. The van der Waals surface area contributed by atoms with Crippen molar-refractivity contribution in [2.24, 2.45) is 0 Å². The van der Waals surface area contributed by atoms with E-state index in [0.717, 1.165) is 31.4 Å².